The zero-order valence-corrected chi connectivity index (χ0v) is 16.6. The van der Waals surface area contributed by atoms with Crippen LogP contribution in [0.1, 0.15) is 15.9 Å². The van der Waals surface area contributed by atoms with Gasteiger partial charge in [0.1, 0.15) is 12.5 Å². The lowest BCUT2D eigenvalue weighted by atomic mass is 10.1. The van der Waals surface area contributed by atoms with E-state index in [1.54, 1.807) is 18.2 Å². The van der Waals surface area contributed by atoms with E-state index in [1.165, 1.54) is 12.1 Å². The van der Waals surface area contributed by atoms with Crippen molar-refractivity contribution in [1.82, 2.24) is 5.32 Å². The first kappa shape index (κ1) is 22.2. The molecule has 2 aliphatic heterocycles. The number of hydrogen-bond acceptors (Lipinski definition) is 6. The SMILES string of the molecule is Cl.Cl.O=C(Oc1cccc2c1OCNC2)c1cc(F)ccc1N1CCOCC1. The Morgan fingerprint density at radius 1 is 1.14 bits per heavy atom. The summed E-state index contributed by atoms with van der Waals surface area (Å²) in [5.74, 6) is -0.207. The van der Waals surface area contributed by atoms with Crippen LogP contribution in [0.2, 0.25) is 0 Å². The van der Waals surface area contributed by atoms with Gasteiger partial charge >= 0.3 is 5.97 Å². The number of ether oxygens (including phenoxy) is 3. The molecule has 2 aromatic carbocycles. The van der Waals surface area contributed by atoms with Gasteiger partial charge < -0.3 is 19.1 Å². The van der Waals surface area contributed by atoms with E-state index in [1.807, 2.05) is 11.0 Å². The standard InChI is InChI=1S/C19H19FN2O4.2ClH/c20-14-4-5-16(22-6-8-24-9-7-22)15(10-14)19(23)26-17-3-1-2-13-11-21-12-25-18(13)17;;/h1-5,10,21H,6-9,11-12H2;2*1H. The smallest absolute Gasteiger partial charge is 0.345 e. The molecule has 1 fully saturated rings. The van der Waals surface area contributed by atoms with Crippen LogP contribution in [0.4, 0.5) is 10.1 Å². The van der Waals surface area contributed by atoms with Gasteiger partial charge in [0.2, 0.25) is 0 Å². The number of benzene rings is 2. The van der Waals surface area contributed by atoms with E-state index in [0.29, 0.717) is 56.8 Å². The Hall–Kier alpha value is -2.06. The van der Waals surface area contributed by atoms with Crippen LogP contribution in [0.25, 0.3) is 0 Å². The summed E-state index contributed by atoms with van der Waals surface area (Å²) >= 11 is 0. The van der Waals surface area contributed by atoms with Gasteiger partial charge in [-0.2, -0.15) is 0 Å². The fraction of sp³-hybridized carbons (Fsp3) is 0.316. The Bertz CT molecular complexity index is 832. The molecule has 4 rings (SSSR count). The summed E-state index contributed by atoms with van der Waals surface area (Å²) in [7, 11) is 0. The van der Waals surface area contributed by atoms with Crippen molar-refractivity contribution in [3.8, 4) is 11.5 Å². The minimum Gasteiger partial charge on any atom is -0.474 e. The predicted octanol–water partition coefficient (Wildman–Crippen LogP) is 3.16. The van der Waals surface area contributed by atoms with Crippen molar-refractivity contribution in [2.75, 3.05) is 37.9 Å². The Balaban J connectivity index is 0.00000140. The van der Waals surface area contributed by atoms with Gasteiger partial charge in [-0.25, -0.2) is 9.18 Å². The maximum atomic E-state index is 13.8. The van der Waals surface area contributed by atoms with E-state index in [-0.39, 0.29) is 30.4 Å². The van der Waals surface area contributed by atoms with Crippen molar-refractivity contribution in [1.29, 1.82) is 0 Å². The zero-order valence-electron chi connectivity index (χ0n) is 15.0. The van der Waals surface area contributed by atoms with Crippen LogP contribution in [-0.2, 0) is 11.3 Å². The van der Waals surface area contributed by atoms with Crippen LogP contribution in [0, 0.1) is 5.82 Å². The molecule has 0 unspecified atom stereocenters. The van der Waals surface area contributed by atoms with Crippen LogP contribution in [0.5, 0.6) is 11.5 Å². The van der Waals surface area contributed by atoms with Crippen LogP contribution in [0.15, 0.2) is 36.4 Å². The summed E-state index contributed by atoms with van der Waals surface area (Å²) < 4.78 is 30.3. The summed E-state index contributed by atoms with van der Waals surface area (Å²) in [5, 5.41) is 3.08. The van der Waals surface area contributed by atoms with Gasteiger partial charge in [-0.05, 0) is 24.3 Å². The maximum absolute atomic E-state index is 13.8. The van der Waals surface area contributed by atoms with Crippen molar-refractivity contribution in [2.45, 2.75) is 6.54 Å². The zero-order chi connectivity index (χ0) is 17.9. The number of fused-ring (bicyclic) bond motifs is 1. The van der Waals surface area contributed by atoms with E-state index in [2.05, 4.69) is 5.32 Å². The van der Waals surface area contributed by atoms with Crippen LogP contribution >= 0.6 is 24.8 Å². The molecular formula is C19H21Cl2FN2O4. The number of hydrogen-bond donors (Lipinski definition) is 1. The number of nitrogens with zero attached hydrogens (tertiary/aromatic N) is 1. The fourth-order valence-electron chi connectivity index (χ4n) is 3.16. The summed E-state index contributed by atoms with van der Waals surface area (Å²) in [6, 6.07) is 9.55. The lowest BCUT2D eigenvalue weighted by Gasteiger charge is -2.30. The van der Waals surface area contributed by atoms with Gasteiger partial charge in [0, 0.05) is 25.2 Å². The van der Waals surface area contributed by atoms with Gasteiger partial charge in [-0.3, -0.25) is 5.32 Å². The second-order valence-electron chi connectivity index (χ2n) is 6.11. The highest BCUT2D eigenvalue weighted by Gasteiger charge is 2.23. The lowest BCUT2D eigenvalue weighted by molar-refractivity contribution is 0.0724. The molecule has 2 aromatic rings. The van der Waals surface area contributed by atoms with Crippen LogP contribution < -0.4 is 19.7 Å². The van der Waals surface area contributed by atoms with Crippen molar-refractivity contribution in [3.05, 3.63) is 53.3 Å². The molecule has 0 aliphatic carbocycles. The van der Waals surface area contributed by atoms with Crippen LogP contribution in [-0.4, -0.2) is 39.0 Å². The van der Waals surface area contributed by atoms with Gasteiger partial charge in [0.25, 0.3) is 0 Å². The molecule has 9 heteroatoms. The second kappa shape index (κ2) is 9.93. The molecule has 6 nitrogen and oxygen atoms in total. The van der Waals surface area contributed by atoms with Crippen molar-refractivity contribution >= 4 is 36.5 Å². The molecule has 0 bridgehead atoms. The van der Waals surface area contributed by atoms with E-state index in [4.69, 9.17) is 14.2 Å². The fourth-order valence-corrected chi connectivity index (χ4v) is 3.16. The normalized spacial score (nSPS) is 15.4. The topological polar surface area (TPSA) is 60.0 Å². The number of carbonyl (C=O) groups is 1. The van der Waals surface area contributed by atoms with Gasteiger partial charge in [0.15, 0.2) is 11.5 Å². The highest BCUT2D eigenvalue weighted by molar-refractivity contribution is 5.97. The number of morpholine rings is 1. The molecule has 0 radical (unpaired) electrons. The Morgan fingerprint density at radius 3 is 2.71 bits per heavy atom. The number of para-hydroxylation sites is 1. The highest BCUT2D eigenvalue weighted by atomic mass is 35.5. The summed E-state index contributed by atoms with van der Waals surface area (Å²) in [4.78, 5) is 14.8. The molecule has 1 N–H and O–H groups in total. The van der Waals surface area contributed by atoms with E-state index >= 15 is 0 Å². The molecule has 28 heavy (non-hydrogen) atoms. The number of halogens is 3. The molecule has 152 valence electrons. The number of carbonyl (C=O) groups excluding carboxylic acids is 1. The Labute approximate surface area is 174 Å². The molecule has 0 saturated carbocycles. The number of anilines is 1. The van der Waals surface area contributed by atoms with Crippen LogP contribution in [0.3, 0.4) is 0 Å². The molecule has 0 atom stereocenters. The van der Waals surface area contributed by atoms with E-state index in [0.717, 1.165) is 5.56 Å². The average Bonchev–Trinajstić information content (AvgIpc) is 2.69. The van der Waals surface area contributed by atoms with Gasteiger partial charge in [-0.15, -0.1) is 24.8 Å². The molecule has 2 heterocycles. The monoisotopic (exact) mass is 430 g/mol. The number of esters is 1. The first-order chi connectivity index (χ1) is 12.7. The van der Waals surface area contributed by atoms with Crippen molar-refractivity contribution in [3.63, 3.8) is 0 Å². The Kier molecular flexibility index (Phi) is 7.88. The molecule has 0 amide bonds. The molecule has 0 aromatic heterocycles. The minimum absolute atomic E-state index is 0. The Morgan fingerprint density at radius 2 is 1.93 bits per heavy atom. The number of nitrogens with one attached hydrogen (secondary N) is 1. The third-order valence-electron chi connectivity index (χ3n) is 4.43. The average molecular weight is 431 g/mol. The summed E-state index contributed by atoms with van der Waals surface area (Å²) in [6.45, 7) is 3.40. The first-order valence-electron chi connectivity index (χ1n) is 8.52. The summed E-state index contributed by atoms with van der Waals surface area (Å²) in [6.07, 6.45) is 0. The van der Waals surface area contributed by atoms with E-state index < -0.39 is 11.8 Å². The summed E-state index contributed by atoms with van der Waals surface area (Å²) in [5.41, 5.74) is 1.75. The quantitative estimate of drug-likeness (QED) is 0.595. The van der Waals surface area contributed by atoms with Gasteiger partial charge in [-0.1, -0.05) is 12.1 Å². The van der Waals surface area contributed by atoms with Crippen molar-refractivity contribution < 1.29 is 23.4 Å². The van der Waals surface area contributed by atoms with Crippen molar-refractivity contribution in [2.24, 2.45) is 0 Å². The highest BCUT2D eigenvalue weighted by Crippen LogP contribution is 2.34. The lowest BCUT2D eigenvalue weighted by Crippen LogP contribution is -2.37. The molecule has 1 saturated heterocycles. The third kappa shape index (κ3) is 4.67. The largest absolute Gasteiger partial charge is 0.474 e. The third-order valence-corrected chi connectivity index (χ3v) is 4.43. The first-order valence-corrected chi connectivity index (χ1v) is 8.52. The second-order valence-corrected chi connectivity index (χ2v) is 6.11. The van der Waals surface area contributed by atoms with Gasteiger partial charge in [0.05, 0.1) is 24.5 Å². The number of rotatable bonds is 3. The predicted molar refractivity (Wildman–Crippen MR) is 108 cm³/mol. The minimum atomic E-state index is -0.610. The molecular weight excluding hydrogens is 410 g/mol. The van der Waals surface area contributed by atoms with E-state index in [9.17, 15) is 9.18 Å². The maximum Gasteiger partial charge on any atom is 0.345 e. The molecule has 2 aliphatic rings. The molecule has 0 spiro atoms.